The normalized spacial score (nSPS) is 14.6. The van der Waals surface area contributed by atoms with Crippen molar-refractivity contribution in [3.63, 3.8) is 0 Å². The number of benzene rings is 1. The molecule has 0 aliphatic carbocycles. The highest BCUT2D eigenvalue weighted by molar-refractivity contribution is 5.83. The third-order valence-corrected chi connectivity index (χ3v) is 5.32. The van der Waals surface area contributed by atoms with Gasteiger partial charge in [0.1, 0.15) is 11.6 Å². The number of aliphatic carboxylic acids is 1. The summed E-state index contributed by atoms with van der Waals surface area (Å²) in [6, 6.07) is 6.48. The molecule has 2 aromatic rings. The zero-order chi connectivity index (χ0) is 21.7. The largest absolute Gasteiger partial charge is 0.481 e. The first kappa shape index (κ1) is 22.0. The lowest BCUT2D eigenvalue weighted by Crippen LogP contribution is -2.17. The van der Waals surface area contributed by atoms with E-state index in [0.717, 1.165) is 53.2 Å². The minimum atomic E-state index is -0.863. The number of aliphatic hydroxyl groups excluding tert-OH is 1. The van der Waals surface area contributed by atoms with Crippen LogP contribution in [0, 0.1) is 5.82 Å². The molecular formula is C24H29FN2O3. The summed E-state index contributed by atoms with van der Waals surface area (Å²) in [5, 5.41) is 22.5. The number of halogens is 1. The third kappa shape index (κ3) is 5.25. The molecule has 0 radical (unpaired) electrons. The lowest BCUT2D eigenvalue weighted by atomic mass is 9.87. The van der Waals surface area contributed by atoms with Crippen LogP contribution in [0.15, 0.2) is 30.3 Å². The average molecular weight is 413 g/mol. The minimum absolute atomic E-state index is 0.0367. The number of pyridine rings is 1. The Kier molecular flexibility index (Phi) is 7.21. The van der Waals surface area contributed by atoms with Crippen LogP contribution in [0.1, 0.15) is 62.3 Å². The van der Waals surface area contributed by atoms with Crippen LogP contribution >= 0.6 is 0 Å². The monoisotopic (exact) mass is 412 g/mol. The van der Waals surface area contributed by atoms with Crippen LogP contribution in [0.4, 0.5) is 10.2 Å². The maximum atomic E-state index is 13.6. The van der Waals surface area contributed by atoms with Crippen LogP contribution in [0.2, 0.25) is 0 Å². The highest BCUT2D eigenvalue weighted by Crippen LogP contribution is 2.39. The molecule has 0 spiro atoms. The van der Waals surface area contributed by atoms with Gasteiger partial charge in [0.25, 0.3) is 0 Å². The van der Waals surface area contributed by atoms with Gasteiger partial charge in [0.15, 0.2) is 0 Å². The fourth-order valence-electron chi connectivity index (χ4n) is 3.84. The van der Waals surface area contributed by atoms with Crippen LogP contribution < -0.4 is 5.32 Å². The number of nitrogens with zero attached hydrogens (tertiary/aromatic N) is 1. The van der Waals surface area contributed by atoms with Gasteiger partial charge in [-0.15, -0.1) is 0 Å². The van der Waals surface area contributed by atoms with E-state index in [-0.39, 0.29) is 18.2 Å². The molecule has 1 aliphatic rings. The van der Waals surface area contributed by atoms with Crippen molar-refractivity contribution in [2.45, 2.75) is 58.0 Å². The first-order valence-corrected chi connectivity index (χ1v) is 10.5. The summed E-state index contributed by atoms with van der Waals surface area (Å²) in [5.41, 5.74) is 4.88. The number of rotatable bonds is 8. The van der Waals surface area contributed by atoms with Gasteiger partial charge in [-0.1, -0.05) is 38.1 Å². The summed E-state index contributed by atoms with van der Waals surface area (Å²) >= 11 is 0. The van der Waals surface area contributed by atoms with Crippen molar-refractivity contribution in [2.24, 2.45) is 0 Å². The predicted octanol–water partition coefficient (Wildman–Crippen LogP) is 5.00. The summed E-state index contributed by atoms with van der Waals surface area (Å²) in [5.74, 6) is -0.112. The molecular weight excluding hydrogens is 383 g/mol. The van der Waals surface area contributed by atoms with E-state index in [1.165, 1.54) is 12.1 Å². The van der Waals surface area contributed by atoms with E-state index in [9.17, 15) is 14.3 Å². The van der Waals surface area contributed by atoms with Crippen molar-refractivity contribution >= 4 is 17.9 Å². The van der Waals surface area contributed by atoms with Crippen molar-refractivity contribution in [1.29, 1.82) is 0 Å². The fraction of sp³-hybridized carbons (Fsp3) is 0.417. The summed E-state index contributed by atoms with van der Waals surface area (Å²) in [4.78, 5) is 15.6. The van der Waals surface area contributed by atoms with Gasteiger partial charge in [0, 0.05) is 24.1 Å². The van der Waals surface area contributed by atoms with E-state index >= 15 is 0 Å². The van der Waals surface area contributed by atoms with E-state index in [0.29, 0.717) is 12.8 Å². The van der Waals surface area contributed by atoms with Gasteiger partial charge in [0.05, 0.1) is 11.8 Å². The smallest absolute Gasteiger partial charge is 0.303 e. The number of nitrogens with one attached hydrogen (secondary N) is 1. The molecule has 6 heteroatoms. The average Bonchev–Trinajstić information content (AvgIpc) is 2.71. The number of carbonyl (C=O) groups is 1. The van der Waals surface area contributed by atoms with Crippen LogP contribution in [0.25, 0.3) is 17.2 Å². The third-order valence-electron chi connectivity index (χ3n) is 5.32. The summed E-state index contributed by atoms with van der Waals surface area (Å²) in [6.07, 6.45) is 5.56. The Labute approximate surface area is 176 Å². The van der Waals surface area contributed by atoms with Crippen molar-refractivity contribution < 1.29 is 19.4 Å². The summed E-state index contributed by atoms with van der Waals surface area (Å²) < 4.78 is 13.6. The molecule has 3 N–H and O–H groups in total. The maximum Gasteiger partial charge on any atom is 0.303 e. The predicted molar refractivity (Wildman–Crippen MR) is 117 cm³/mol. The Bertz CT molecular complexity index is 923. The van der Waals surface area contributed by atoms with Gasteiger partial charge in [-0.25, -0.2) is 9.37 Å². The van der Waals surface area contributed by atoms with Gasteiger partial charge >= 0.3 is 5.97 Å². The van der Waals surface area contributed by atoms with E-state index in [1.807, 2.05) is 6.08 Å². The summed E-state index contributed by atoms with van der Waals surface area (Å²) in [7, 11) is 0. The molecule has 1 atom stereocenters. The summed E-state index contributed by atoms with van der Waals surface area (Å²) in [6.45, 7) is 5.02. The number of hydrogen-bond acceptors (Lipinski definition) is 4. The van der Waals surface area contributed by atoms with Crippen molar-refractivity contribution in [1.82, 2.24) is 4.98 Å². The number of aliphatic hydroxyl groups is 1. The number of aromatic nitrogens is 1. The van der Waals surface area contributed by atoms with Crippen molar-refractivity contribution in [2.75, 3.05) is 11.9 Å². The Morgan fingerprint density at radius 2 is 2.03 bits per heavy atom. The zero-order valence-corrected chi connectivity index (χ0v) is 17.5. The molecule has 5 nitrogen and oxygen atoms in total. The minimum Gasteiger partial charge on any atom is -0.481 e. The van der Waals surface area contributed by atoms with Gasteiger partial charge < -0.3 is 15.5 Å². The SMILES string of the molecule is CC(C)c1nc2c(c(-c3ccc(F)cc3)c1/C=C/[C@@H](O)CCCC(=O)O)CCCN2. The molecule has 1 aromatic heterocycles. The van der Waals surface area contributed by atoms with Gasteiger partial charge in [-0.05, 0) is 54.9 Å². The van der Waals surface area contributed by atoms with Crippen LogP contribution in [0.5, 0.6) is 0 Å². The molecule has 3 rings (SSSR count). The molecule has 30 heavy (non-hydrogen) atoms. The molecule has 0 saturated heterocycles. The molecule has 0 saturated carbocycles. The lowest BCUT2D eigenvalue weighted by Gasteiger charge is -2.25. The topological polar surface area (TPSA) is 82.5 Å². The van der Waals surface area contributed by atoms with Crippen LogP contribution in [-0.4, -0.2) is 33.8 Å². The first-order chi connectivity index (χ1) is 14.4. The first-order valence-electron chi connectivity index (χ1n) is 10.5. The molecule has 0 unspecified atom stereocenters. The molecule has 160 valence electrons. The van der Waals surface area contributed by atoms with Crippen LogP contribution in [-0.2, 0) is 11.2 Å². The van der Waals surface area contributed by atoms with E-state index in [4.69, 9.17) is 10.1 Å². The molecule has 0 amide bonds. The molecule has 1 aliphatic heterocycles. The number of anilines is 1. The lowest BCUT2D eigenvalue weighted by molar-refractivity contribution is -0.137. The Hall–Kier alpha value is -2.73. The van der Waals surface area contributed by atoms with Gasteiger partial charge in [-0.2, -0.15) is 0 Å². The molecule has 0 bridgehead atoms. The Morgan fingerprint density at radius 1 is 1.30 bits per heavy atom. The fourth-order valence-corrected chi connectivity index (χ4v) is 3.84. The quantitative estimate of drug-likeness (QED) is 0.568. The Morgan fingerprint density at radius 3 is 2.70 bits per heavy atom. The number of fused-ring (bicyclic) bond motifs is 1. The zero-order valence-electron chi connectivity index (χ0n) is 17.5. The van der Waals surface area contributed by atoms with Crippen molar-refractivity contribution in [3.05, 3.63) is 53.0 Å². The van der Waals surface area contributed by atoms with E-state index < -0.39 is 12.1 Å². The second kappa shape index (κ2) is 9.85. The number of hydrogen-bond donors (Lipinski definition) is 3. The Balaban J connectivity index is 2.06. The molecule has 0 fully saturated rings. The number of carboxylic acid groups (broad SMARTS) is 1. The molecule has 1 aromatic carbocycles. The van der Waals surface area contributed by atoms with Gasteiger partial charge in [-0.3, -0.25) is 4.79 Å². The van der Waals surface area contributed by atoms with Crippen LogP contribution in [0.3, 0.4) is 0 Å². The standard InChI is InChI=1S/C24H29FN2O3/c1-15(2)23-19(13-12-18(28)5-3-7-21(29)30)22(16-8-10-17(25)11-9-16)20-6-4-14-26-24(20)27-23/h8-13,15,18,28H,3-7,14H2,1-2H3,(H,26,27)(H,29,30)/b13-12+/t18-/m0/s1. The van der Waals surface area contributed by atoms with E-state index in [2.05, 4.69) is 19.2 Å². The number of carboxylic acids is 1. The maximum absolute atomic E-state index is 13.6. The second-order valence-electron chi connectivity index (χ2n) is 8.02. The highest BCUT2D eigenvalue weighted by atomic mass is 19.1. The second-order valence-corrected chi connectivity index (χ2v) is 8.02. The highest BCUT2D eigenvalue weighted by Gasteiger charge is 2.23. The molecule has 2 heterocycles. The van der Waals surface area contributed by atoms with E-state index in [1.54, 1.807) is 18.2 Å². The van der Waals surface area contributed by atoms with Crippen molar-refractivity contribution in [3.8, 4) is 11.1 Å². The van der Waals surface area contributed by atoms with Gasteiger partial charge in [0.2, 0.25) is 0 Å².